The first-order chi connectivity index (χ1) is 10.7. The van der Waals surface area contributed by atoms with E-state index >= 15 is 0 Å². The number of dihydropyridines is 2. The number of hydrogen-bond acceptors (Lipinski definition) is 5. The van der Waals surface area contributed by atoms with Gasteiger partial charge in [-0.15, -0.1) is 0 Å². The Labute approximate surface area is 128 Å². The van der Waals surface area contributed by atoms with Gasteiger partial charge in [0.2, 0.25) is 0 Å². The van der Waals surface area contributed by atoms with E-state index in [2.05, 4.69) is 9.98 Å². The van der Waals surface area contributed by atoms with Crippen LogP contribution in [0.2, 0.25) is 0 Å². The maximum Gasteiger partial charge on any atom is 0.273 e. The van der Waals surface area contributed by atoms with Crippen molar-refractivity contribution >= 4 is 23.2 Å². The summed E-state index contributed by atoms with van der Waals surface area (Å²) in [5.41, 5.74) is 1.36. The molecule has 2 rings (SSSR count). The van der Waals surface area contributed by atoms with Crippen molar-refractivity contribution in [1.29, 1.82) is 0 Å². The first kappa shape index (κ1) is 16.4. The van der Waals surface area contributed by atoms with Gasteiger partial charge in [-0.25, -0.2) is 9.98 Å². The van der Waals surface area contributed by atoms with Crippen LogP contribution in [0.1, 0.15) is 6.42 Å². The lowest BCUT2D eigenvalue weighted by Crippen LogP contribution is -2.23. The molecule has 0 bridgehead atoms. The van der Waals surface area contributed by atoms with Crippen LogP contribution in [0.4, 0.5) is 0 Å². The number of ether oxygens (including phenoxy) is 3. The minimum absolute atomic E-state index is 0.312. The van der Waals surface area contributed by atoms with Gasteiger partial charge in [0, 0.05) is 25.2 Å². The molecule has 0 aromatic heterocycles. The second-order valence-electron chi connectivity index (χ2n) is 4.61. The minimum atomic E-state index is -0.344. The predicted molar refractivity (Wildman–Crippen MR) is 80.2 cm³/mol. The monoisotopic (exact) mass is 306 g/mol. The van der Waals surface area contributed by atoms with Crippen LogP contribution >= 0.6 is 0 Å². The molecule has 22 heavy (non-hydrogen) atoms. The zero-order valence-corrected chi connectivity index (χ0v) is 12.4. The number of aliphatic imine (C=N–C) groups is 2. The summed E-state index contributed by atoms with van der Waals surface area (Å²) in [7, 11) is 1.61. The van der Waals surface area contributed by atoms with Crippen LogP contribution in [0.5, 0.6) is 0 Å². The molecule has 0 atom stereocenters. The lowest BCUT2D eigenvalue weighted by Gasteiger charge is -2.13. The van der Waals surface area contributed by atoms with Crippen molar-refractivity contribution in [2.75, 3.05) is 40.1 Å². The fraction of sp³-hybridized carbons (Fsp3) is 0.467. The molecule has 2 amide bonds. The summed E-state index contributed by atoms with van der Waals surface area (Å²) < 4.78 is 15.5. The molecular weight excluding hydrogens is 288 g/mol. The van der Waals surface area contributed by atoms with Crippen LogP contribution in [0.3, 0.4) is 0 Å². The Morgan fingerprint density at radius 2 is 1.64 bits per heavy atom. The van der Waals surface area contributed by atoms with E-state index in [0.717, 1.165) is 0 Å². The lowest BCUT2D eigenvalue weighted by atomic mass is 10.0. The smallest absolute Gasteiger partial charge is 0.273 e. The van der Waals surface area contributed by atoms with Gasteiger partial charge in [-0.1, -0.05) is 0 Å². The molecule has 7 heteroatoms. The highest BCUT2D eigenvalue weighted by Gasteiger charge is 2.21. The van der Waals surface area contributed by atoms with E-state index in [1.165, 1.54) is 12.2 Å². The summed E-state index contributed by atoms with van der Waals surface area (Å²) in [6, 6.07) is 0. The van der Waals surface area contributed by atoms with E-state index in [1.807, 2.05) is 0 Å². The first-order valence-electron chi connectivity index (χ1n) is 7.00. The van der Waals surface area contributed by atoms with Gasteiger partial charge in [0.05, 0.1) is 44.5 Å². The van der Waals surface area contributed by atoms with Crippen molar-refractivity contribution in [3.63, 3.8) is 0 Å². The molecule has 0 fully saturated rings. The molecule has 2 heterocycles. The van der Waals surface area contributed by atoms with E-state index in [4.69, 9.17) is 14.2 Å². The number of nitrogens with zero attached hydrogens (tertiary/aromatic N) is 2. The number of carbonyl (C=O) groups excluding carboxylic acids is 2. The van der Waals surface area contributed by atoms with Crippen LogP contribution in [0.25, 0.3) is 0 Å². The van der Waals surface area contributed by atoms with Gasteiger partial charge in [0.1, 0.15) is 0 Å². The highest BCUT2D eigenvalue weighted by Crippen LogP contribution is 2.14. The maximum absolute atomic E-state index is 11.8. The molecule has 0 unspecified atom stereocenters. The highest BCUT2D eigenvalue weighted by molar-refractivity contribution is 6.56. The largest absolute Gasteiger partial charge is 0.382 e. The van der Waals surface area contributed by atoms with Gasteiger partial charge in [0.15, 0.2) is 0 Å². The number of fused-ring (bicyclic) bond motifs is 1. The number of methoxy groups -OCH3 is 1. The van der Waals surface area contributed by atoms with Crippen LogP contribution in [0, 0.1) is 0 Å². The number of carbonyl (C=O) groups is 2. The number of allylic oxidation sites excluding steroid dienone is 2. The van der Waals surface area contributed by atoms with E-state index in [-0.39, 0.29) is 11.8 Å². The topological polar surface area (TPSA) is 86.5 Å². The van der Waals surface area contributed by atoms with Gasteiger partial charge in [0.25, 0.3) is 11.8 Å². The predicted octanol–water partition coefficient (Wildman–Crippen LogP) is 0.501. The molecule has 0 saturated carbocycles. The van der Waals surface area contributed by atoms with Crippen molar-refractivity contribution in [3.05, 3.63) is 23.8 Å². The van der Waals surface area contributed by atoms with Crippen LogP contribution in [0.15, 0.2) is 33.8 Å². The molecule has 0 aromatic rings. The summed E-state index contributed by atoms with van der Waals surface area (Å²) in [5.74, 6) is -0.656. The third kappa shape index (κ3) is 4.80. The Bertz CT molecular complexity index is 560. The molecule has 2 aliphatic heterocycles. The van der Waals surface area contributed by atoms with Crippen LogP contribution < -0.4 is 0 Å². The average Bonchev–Trinajstić information content (AvgIpc) is 2.50. The zero-order chi connectivity index (χ0) is 15.8. The zero-order valence-electron chi connectivity index (χ0n) is 12.4. The molecule has 0 aliphatic carbocycles. The van der Waals surface area contributed by atoms with E-state index < -0.39 is 0 Å². The fourth-order valence-corrected chi connectivity index (χ4v) is 1.88. The number of hydrogen-bond donors (Lipinski definition) is 0. The van der Waals surface area contributed by atoms with Crippen LogP contribution in [-0.4, -0.2) is 63.4 Å². The highest BCUT2D eigenvalue weighted by atomic mass is 16.5. The first-order valence-corrected chi connectivity index (χ1v) is 7.00. The van der Waals surface area contributed by atoms with Crippen molar-refractivity contribution < 1.29 is 23.8 Å². The Kier molecular flexibility index (Phi) is 6.32. The van der Waals surface area contributed by atoms with E-state index in [0.29, 0.717) is 56.5 Å². The molecule has 0 saturated heterocycles. The standard InChI is InChI=1S/C15H18N2O5/c1-20-6-7-22-9-8-21-5-4-11-10-13-12(17-15(11)19)2-3-14(18)16-13/h2-3,10H,4-9H2,1H3. The molecule has 0 N–H and O–H groups in total. The Balaban J connectivity index is 1.72. The second-order valence-corrected chi connectivity index (χ2v) is 4.61. The summed E-state index contributed by atoms with van der Waals surface area (Å²) in [6.07, 6.45) is 4.82. The normalized spacial score (nSPS) is 17.0. The summed E-state index contributed by atoms with van der Waals surface area (Å²) in [5, 5.41) is 0. The molecule has 7 nitrogen and oxygen atoms in total. The van der Waals surface area contributed by atoms with Gasteiger partial charge in [-0.2, -0.15) is 0 Å². The molecule has 2 aliphatic rings. The van der Waals surface area contributed by atoms with Crippen molar-refractivity contribution in [1.82, 2.24) is 0 Å². The summed E-state index contributed by atoms with van der Waals surface area (Å²) in [4.78, 5) is 30.8. The molecule has 0 radical (unpaired) electrons. The third-order valence-corrected chi connectivity index (χ3v) is 3.00. The maximum atomic E-state index is 11.8. The molecule has 0 spiro atoms. The SMILES string of the molecule is COCCOCCOCCC1=CC2=NC(=O)C=CC2=NC1=O. The number of rotatable bonds is 9. The Morgan fingerprint density at radius 3 is 2.41 bits per heavy atom. The number of amides is 2. The van der Waals surface area contributed by atoms with Gasteiger partial charge in [-0.3, -0.25) is 9.59 Å². The Morgan fingerprint density at radius 1 is 0.909 bits per heavy atom. The van der Waals surface area contributed by atoms with E-state index in [9.17, 15) is 9.59 Å². The molecule has 118 valence electrons. The van der Waals surface area contributed by atoms with Gasteiger partial charge >= 0.3 is 0 Å². The van der Waals surface area contributed by atoms with Crippen molar-refractivity contribution in [2.45, 2.75) is 6.42 Å². The van der Waals surface area contributed by atoms with E-state index in [1.54, 1.807) is 13.2 Å². The second kappa shape index (κ2) is 8.47. The molecule has 0 aromatic carbocycles. The van der Waals surface area contributed by atoms with Crippen molar-refractivity contribution in [3.8, 4) is 0 Å². The minimum Gasteiger partial charge on any atom is -0.382 e. The fourth-order valence-electron chi connectivity index (χ4n) is 1.88. The Hall–Kier alpha value is -1.96. The average molecular weight is 306 g/mol. The lowest BCUT2D eigenvalue weighted by molar-refractivity contribution is -0.115. The van der Waals surface area contributed by atoms with Gasteiger partial charge < -0.3 is 14.2 Å². The van der Waals surface area contributed by atoms with Crippen molar-refractivity contribution in [2.24, 2.45) is 9.98 Å². The summed E-state index contributed by atoms with van der Waals surface area (Å²) >= 11 is 0. The summed E-state index contributed by atoms with van der Waals surface area (Å²) in [6.45, 7) is 2.39. The quantitative estimate of drug-likeness (QED) is 0.579. The molecular formula is C15H18N2O5. The third-order valence-electron chi connectivity index (χ3n) is 3.00. The van der Waals surface area contributed by atoms with Gasteiger partial charge in [-0.05, 0) is 12.2 Å². The van der Waals surface area contributed by atoms with Crippen LogP contribution in [-0.2, 0) is 23.8 Å².